The average molecular weight is 258 g/mol. The maximum absolute atomic E-state index is 11.9. The lowest BCUT2D eigenvalue weighted by Crippen LogP contribution is -2.35. The van der Waals surface area contributed by atoms with Gasteiger partial charge in [-0.2, -0.15) is 0 Å². The molecule has 0 aliphatic heterocycles. The van der Waals surface area contributed by atoms with Crippen LogP contribution in [0.5, 0.6) is 0 Å². The lowest BCUT2D eigenvalue weighted by molar-refractivity contribution is -0.126. The molecule has 3 unspecified atom stereocenters. The van der Waals surface area contributed by atoms with Crippen molar-refractivity contribution >= 4 is 15.6 Å². The van der Waals surface area contributed by atoms with E-state index in [1.165, 1.54) is 6.26 Å². The van der Waals surface area contributed by atoms with Crippen molar-refractivity contribution in [2.24, 2.45) is 11.8 Å². The first-order valence-electron chi connectivity index (χ1n) is 6.70. The molecule has 0 amide bonds. The van der Waals surface area contributed by atoms with Crippen molar-refractivity contribution in [3.8, 4) is 0 Å². The van der Waals surface area contributed by atoms with Crippen LogP contribution in [0.1, 0.15) is 51.4 Å². The Morgan fingerprint density at radius 3 is 2.47 bits per heavy atom. The number of Topliss-reactive ketones (excluding diaryl/α,β-unsaturated/α-hetero) is 1. The number of sulfone groups is 1. The molecule has 3 nitrogen and oxygen atoms in total. The SMILES string of the molecule is CS(=O)(=O)C1CCCC(C2CCCCC2=O)C1. The highest BCUT2D eigenvalue weighted by atomic mass is 32.2. The fourth-order valence-electron chi connectivity index (χ4n) is 3.44. The van der Waals surface area contributed by atoms with Crippen LogP contribution < -0.4 is 0 Å². The van der Waals surface area contributed by atoms with Crippen molar-refractivity contribution in [3.05, 3.63) is 0 Å². The quantitative estimate of drug-likeness (QED) is 0.764. The maximum Gasteiger partial charge on any atom is 0.150 e. The minimum absolute atomic E-state index is 0.160. The third-order valence-electron chi connectivity index (χ3n) is 4.44. The van der Waals surface area contributed by atoms with E-state index in [-0.39, 0.29) is 11.2 Å². The van der Waals surface area contributed by atoms with E-state index in [2.05, 4.69) is 0 Å². The first kappa shape index (κ1) is 13.1. The number of hydrogen-bond acceptors (Lipinski definition) is 3. The molecule has 17 heavy (non-hydrogen) atoms. The summed E-state index contributed by atoms with van der Waals surface area (Å²) in [4.78, 5) is 11.9. The van der Waals surface area contributed by atoms with E-state index in [0.717, 1.165) is 44.9 Å². The zero-order valence-electron chi connectivity index (χ0n) is 10.5. The van der Waals surface area contributed by atoms with E-state index in [9.17, 15) is 13.2 Å². The smallest absolute Gasteiger partial charge is 0.150 e. The van der Waals surface area contributed by atoms with E-state index in [1.807, 2.05) is 0 Å². The summed E-state index contributed by atoms with van der Waals surface area (Å²) in [7, 11) is -2.93. The topological polar surface area (TPSA) is 51.2 Å². The van der Waals surface area contributed by atoms with Gasteiger partial charge in [0, 0.05) is 18.6 Å². The van der Waals surface area contributed by atoms with Crippen LogP contribution in [0.15, 0.2) is 0 Å². The Morgan fingerprint density at radius 2 is 1.82 bits per heavy atom. The van der Waals surface area contributed by atoms with E-state index >= 15 is 0 Å². The third-order valence-corrected chi connectivity index (χ3v) is 6.08. The molecule has 0 saturated heterocycles. The molecule has 0 bridgehead atoms. The molecule has 2 fully saturated rings. The van der Waals surface area contributed by atoms with Crippen molar-refractivity contribution in [3.63, 3.8) is 0 Å². The minimum atomic E-state index is -2.93. The first-order chi connectivity index (χ1) is 7.98. The molecule has 2 rings (SSSR count). The molecule has 2 saturated carbocycles. The van der Waals surface area contributed by atoms with Crippen LogP contribution in [-0.4, -0.2) is 25.7 Å². The molecule has 0 aromatic carbocycles. The van der Waals surface area contributed by atoms with E-state index in [0.29, 0.717) is 18.1 Å². The lowest BCUT2D eigenvalue weighted by atomic mass is 9.72. The molecule has 2 aliphatic rings. The van der Waals surface area contributed by atoms with Crippen LogP contribution in [0.25, 0.3) is 0 Å². The number of hydrogen-bond donors (Lipinski definition) is 0. The maximum atomic E-state index is 11.9. The highest BCUT2D eigenvalue weighted by Crippen LogP contribution is 2.38. The second kappa shape index (κ2) is 5.09. The van der Waals surface area contributed by atoms with Gasteiger partial charge in [0.05, 0.1) is 5.25 Å². The zero-order valence-corrected chi connectivity index (χ0v) is 11.3. The molecular weight excluding hydrogens is 236 g/mol. The summed E-state index contributed by atoms with van der Waals surface area (Å²) in [5.74, 6) is 0.875. The number of carbonyl (C=O) groups is 1. The molecule has 0 aromatic heterocycles. The van der Waals surface area contributed by atoms with Crippen molar-refractivity contribution in [1.82, 2.24) is 0 Å². The molecule has 0 aromatic rings. The van der Waals surface area contributed by atoms with Crippen LogP contribution in [-0.2, 0) is 14.6 Å². The Bertz CT molecular complexity index is 385. The first-order valence-corrected chi connectivity index (χ1v) is 8.65. The van der Waals surface area contributed by atoms with Gasteiger partial charge in [-0.1, -0.05) is 12.8 Å². The minimum Gasteiger partial charge on any atom is -0.299 e. The monoisotopic (exact) mass is 258 g/mol. The molecule has 2 aliphatic carbocycles. The predicted molar refractivity (Wildman–Crippen MR) is 67.6 cm³/mol. The van der Waals surface area contributed by atoms with Gasteiger partial charge in [-0.15, -0.1) is 0 Å². The molecular formula is C13H22O3S. The summed E-state index contributed by atoms with van der Waals surface area (Å²) in [5.41, 5.74) is 0. The number of ketones is 1. The molecule has 0 spiro atoms. The highest BCUT2D eigenvalue weighted by molar-refractivity contribution is 7.91. The fraction of sp³-hybridized carbons (Fsp3) is 0.923. The van der Waals surface area contributed by atoms with Gasteiger partial charge in [0.1, 0.15) is 15.6 Å². The zero-order chi connectivity index (χ0) is 12.5. The number of carbonyl (C=O) groups excluding carboxylic acids is 1. The van der Waals surface area contributed by atoms with Gasteiger partial charge in [-0.3, -0.25) is 4.79 Å². The Balaban J connectivity index is 2.04. The summed E-state index contributed by atoms with van der Waals surface area (Å²) in [5, 5.41) is -0.198. The largest absolute Gasteiger partial charge is 0.299 e. The second-order valence-corrected chi connectivity index (χ2v) is 8.02. The molecule has 0 N–H and O–H groups in total. The van der Waals surface area contributed by atoms with E-state index in [4.69, 9.17) is 0 Å². The van der Waals surface area contributed by atoms with Crippen LogP contribution in [0, 0.1) is 11.8 Å². The van der Waals surface area contributed by atoms with Crippen LogP contribution >= 0.6 is 0 Å². The summed E-state index contributed by atoms with van der Waals surface area (Å²) >= 11 is 0. The normalized spacial score (nSPS) is 35.8. The summed E-state index contributed by atoms with van der Waals surface area (Å²) in [6.45, 7) is 0. The Kier molecular flexibility index (Phi) is 3.91. The van der Waals surface area contributed by atoms with Crippen molar-refractivity contribution in [2.45, 2.75) is 56.6 Å². The van der Waals surface area contributed by atoms with Gasteiger partial charge in [-0.05, 0) is 38.0 Å². The van der Waals surface area contributed by atoms with E-state index in [1.54, 1.807) is 0 Å². The lowest BCUT2D eigenvalue weighted by Gasteiger charge is -2.34. The second-order valence-electron chi connectivity index (χ2n) is 5.70. The Hall–Kier alpha value is -0.380. The van der Waals surface area contributed by atoms with Gasteiger partial charge in [0.25, 0.3) is 0 Å². The van der Waals surface area contributed by atoms with Gasteiger partial charge in [0.15, 0.2) is 0 Å². The average Bonchev–Trinajstić information content (AvgIpc) is 2.29. The summed E-state index contributed by atoms with van der Waals surface area (Å²) in [6, 6.07) is 0. The third kappa shape index (κ3) is 3.09. The summed E-state index contributed by atoms with van der Waals surface area (Å²) in [6.07, 6.45) is 8.71. The standard InChI is InChI=1S/C13H22O3S/c1-17(15,16)11-6-4-5-10(9-11)12-7-2-3-8-13(12)14/h10-12H,2-9H2,1H3. The van der Waals surface area contributed by atoms with Crippen molar-refractivity contribution in [2.75, 3.05) is 6.26 Å². The van der Waals surface area contributed by atoms with Gasteiger partial charge in [-0.25, -0.2) is 8.42 Å². The van der Waals surface area contributed by atoms with Crippen LogP contribution in [0.2, 0.25) is 0 Å². The summed E-state index contributed by atoms with van der Waals surface area (Å²) < 4.78 is 23.2. The number of rotatable bonds is 2. The highest BCUT2D eigenvalue weighted by Gasteiger charge is 2.36. The van der Waals surface area contributed by atoms with Crippen molar-refractivity contribution in [1.29, 1.82) is 0 Å². The predicted octanol–water partition coefficient (Wildman–Crippen LogP) is 2.35. The Labute approximate surface area is 104 Å². The Morgan fingerprint density at radius 1 is 1.06 bits per heavy atom. The van der Waals surface area contributed by atoms with Gasteiger partial charge in [0.2, 0.25) is 0 Å². The van der Waals surface area contributed by atoms with Crippen LogP contribution in [0.3, 0.4) is 0 Å². The van der Waals surface area contributed by atoms with E-state index < -0.39 is 9.84 Å². The van der Waals surface area contributed by atoms with Gasteiger partial charge >= 0.3 is 0 Å². The molecule has 3 atom stereocenters. The van der Waals surface area contributed by atoms with Crippen LogP contribution in [0.4, 0.5) is 0 Å². The molecule has 98 valence electrons. The van der Waals surface area contributed by atoms with Gasteiger partial charge < -0.3 is 0 Å². The molecule has 4 heteroatoms. The van der Waals surface area contributed by atoms with Crippen molar-refractivity contribution < 1.29 is 13.2 Å². The molecule has 0 heterocycles. The molecule has 0 radical (unpaired) electrons. The fourth-order valence-corrected chi connectivity index (χ4v) is 4.64.